The Morgan fingerprint density at radius 3 is 2.50 bits per heavy atom. The highest BCUT2D eigenvalue weighted by Gasteiger charge is 2.64. The minimum atomic E-state index is -4.65. The molecule has 2 saturated carbocycles. The quantitative estimate of drug-likeness (QED) is 0.812. The van der Waals surface area contributed by atoms with E-state index in [1.165, 1.54) is 11.1 Å². The molecule has 1 spiro atoms. The summed E-state index contributed by atoms with van der Waals surface area (Å²) >= 11 is 0. The van der Waals surface area contributed by atoms with E-state index in [1.807, 2.05) is 0 Å². The van der Waals surface area contributed by atoms with Crippen molar-refractivity contribution in [3.05, 3.63) is 35.4 Å². The molecule has 2 aliphatic carbocycles. The van der Waals surface area contributed by atoms with E-state index in [9.17, 15) is 23.1 Å². The van der Waals surface area contributed by atoms with Crippen LogP contribution in [-0.4, -0.2) is 40.8 Å². The van der Waals surface area contributed by atoms with Gasteiger partial charge in [0, 0.05) is 24.4 Å². The number of likely N-dealkylation sites (tertiary alicyclic amines) is 1. The molecule has 1 N–H and O–H groups in total. The highest BCUT2D eigenvalue weighted by atomic mass is 19.4. The zero-order valence-electron chi connectivity index (χ0n) is 16.4. The third-order valence-corrected chi connectivity index (χ3v) is 7.16. The number of carbonyl (C=O) groups excluding carboxylic acids is 1. The van der Waals surface area contributed by atoms with E-state index in [1.54, 1.807) is 4.90 Å². The predicted octanol–water partition coefficient (Wildman–Crippen LogP) is 4.61. The number of aliphatic hydroxyl groups is 1. The third-order valence-electron chi connectivity index (χ3n) is 7.16. The molecule has 0 aromatic heterocycles. The number of alkyl halides is 3. The van der Waals surface area contributed by atoms with Crippen LogP contribution >= 0.6 is 0 Å². The molecule has 0 unspecified atom stereocenters. The van der Waals surface area contributed by atoms with Gasteiger partial charge in [-0.3, -0.25) is 4.79 Å². The zero-order valence-corrected chi connectivity index (χ0v) is 16.4. The number of benzene rings is 1. The molecule has 1 aromatic carbocycles. The molecule has 3 fully saturated rings. The van der Waals surface area contributed by atoms with Crippen molar-refractivity contribution in [1.29, 1.82) is 0 Å². The number of amides is 1. The van der Waals surface area contributed by atoms with E-state index < -0.39 is 30.5 Å². The fourth-order valence-electron chi connectivity index (χ4n) is 5.29. The maximum Gasteiger partial charge on any atom is 0.417 e. The molecule has 154 valence electrons. The summed E-state index contributed by atoms with van der Waals surface area (Å²) in [6.07, 6.45) is -2.45. The summed E-state index contributed by atoms with van der Waals surface area (Å²) in [7, 11) is 0. The number of nitrogens with zero attached hydrogens (tertiary/aromatic N) is 1. The largest absolute Gasteiger partial charge is 0.417 e. The number of hydrogen-bond acceptors (Lipinski definition) is 2. The van der Waals surface area contributed by atoms with Crippen LogP contribution in [0.1, 0.15) is 68.9 Å². The third kappa shape index (κ3) is 3.23. The first-order valence-electron chi connectivity index (χ1n) is 10.2. The molecule has 1 atom stereocenters. The summed E-state index contributed by atoms with van der Waals surface area (Å²) in [5, 5.41) is 9.57. The number of halogens is 3. The van der Waals surface area contributed by atoms with E-state index in [2.05, 4.69) is 38.1 Å². The van der Waals surface area contributed by atoms with Gasteiger partial charge in [0.15, 0.2) is 5.60 Å². The van der Waals surface area contributed by atoms with Crippen LogP contribution in [-0.2, 0) is 4.79 Å². The van der Waals surface area contributed by atoms with Crippen LogP contribution in [0.25, 0.3) is 0 Å². The van der Waals surface area contributed by atoms with Gasteiger partial charge in [-0.25, -0.2) is 0 Å². The van der Waals surface area contributed by atoms with Crippen LogP contribution in [0.4, 0.5) is 13.2 Å². The van der Waals surface area contributed by atoms with Crippen molar-refractivity contribution in [3.63, 3.8) is 0 Å². The number of carbonyl (C=O) groups is 1. The normalized spacial score (nSPS) is 31.8. The Balaban J connectivity index is 1.32. The molecule has 1 aliphatic heterocycles. The predicted molar refractivity (Wildman–Crippen MR) is 99.9 cm³/mol. The SMILES string of the molecule is CC(C)c1cccc([C@@H]2CCC3(C2)CN(C(=O)C2CC(O)(C(F)(F)F)C2)C3)c1. The second kappa shape index (κ2) is 6.48. The topological polar surface area (TPSA) is 40.5 Å². The van der Waals surface area contributed by atoms with Gasteiger partial charge in [0.05, 0.1) is 0 Å². The molecule has 1 saturated heterocycles. The first-order chi connectivity index (χ1) is 13.0. The first kappa shape index (κ1) is 19.7. The van der Waals surface area contributed by atoms with E-state index in [-0.39, 0.29) is 11.3 Å². The van der Waals surface area contributed by atoms with Gasteiger partial charge in [0.25, 0.3) is 0 Å². The van der Waals surface area contributed by atoms with Crippen LogP contribution in [0.15, 0.2) is 24.3 Å². The van der Waals surface area contributed by atoms with Gasteiger partial charge in [-0.15, -0.1) is 0 Å². The lowest BCUT2D eigenvalue weighted by molar-refractivity contribution is -0.297. The van der Waals surface area contributed by atoms with Gasteiger partial charge < -0.3 is 10.0 Å². The van der Waals surface area contributed by atoms with Crippen LogP contribution in [0.5, 0.6) is 0 Å². The molecular formula is C22H28F3NO2. The van der Waals surface area contributed by atoms with Gasteiger partial charge in [0.2, 0.25) is 5.91 Å². The Morgan fingerprint density at radius 2 is 1.89 bits per heavy atom. The summed E-state index contributed by atoms with van der Waals surface area (Å²) in [4.78, 5) is 14.2. The van der Waals surface area contributed by atoms with E-state index in [0.29, 0.717) is 24.9 Å². The highest BCUT2D eigenvalue weighted by molar-refractivity contribution is 5.81. The van der Waals surface area contributed by atoms with Crippen molar-refractivity contribution in [3.8, 4) is 0 Å². The lowest BCUT2D eigenvalue weighted by Crippen LogP contribution is -2.64. The maximum atomic E-state index is 12.8. The first-order valence-corrected chi connectivity index (χ1v) is 10.2. The average Bonchev–Trinajstić information content (AvgIpc) is 3.02. The fourth-order valence-corrected chi connectivity index (χ4v) is 5.29. The molecule has 3 aliphatic rings. The molecule has 0 radical (unpaired) electrons. The van der Waals surface area contributed by atoms with Crippen molar-refractivity contribution in [2.45, 2.75) is 69.6 Å². The molecule has 1 heterocycles. The van der Waals surface area contributed by atoms with Crippen LogP contribution in [0.3, 0.4) is 0 Å². The van der Waals surface area contributed by atoms with Gasteiger partial charge in [-0.2, -0.15) is 13.2 Å². The Bertz CT molecular complexity index is 761. The molecule has 0 bridgehead atoms. The van der Waals surface area contributed by atoms with Crippen molar-refractivity contribution in [2.24, 2.45) is 11.3 Å². The molecule has 3 nitrogen and oxygen atoms in total. The Morgan fingerprint density at radius 1 is 1.21 bits per heavy atom. The minimum absolute atomic E-state index is 0.123. The van der Waals surface area contributed by atoms with Crippen molar-refractivity contribution >= 4 is 5.91 Å². The van der Waals surface area contributed by atoms with Crippen LogP contribution < -0.4 is 0 Å². The van der Waals surface area contributed by atoms with E-state index in [4.69, 9.17) is 0 Å². The van der Waals surface area contributed by atoms with Crippen molar-refractivity contribution in [2.75, 3.05) is 13.1 Å². The van der Waals surface area contributed by atoms with Crippen molar-refractivity contribution < 1.29 is 23.1 Å². The second-order valence-corrected chi connectivity index (χ2v) is 9.59. The summed E-state index contributed by atoms with van der Waals surface area (Å²) in [6.45, 7) is 5.66. The lowest BCUT2D eigenvalue weighted by atomic mass is 9.68. The Labute approximate surface area is 163 Å². The van der Waals surface area contributed by atoms with Gasteiger partial charge >= 0.3 is 6.18 Å². The molecule has 4 rings (SSSR count). The smallest absolute Gasteiger partial charge is 0.380 e. The number of hydrogen-bond donors (Lipinski definition) is 1. The second-order valence-electron chi connectivity index (χ2n) is 9.59. The standard InChI is InChI=1S/C22H28F3NO2/c1-14(2)15-4-3-5-16(8-15)17-6-7-20(9-17)12-26(13-20)19(27)18-10-21(28,11-18)22(23,24)25/h3-5,8,14,17-18,28H,6-7,9-13H2,1-2H3/t17-,18?,21?/m1/s1. The minimum Gasteiger partial charge on any atom is -0.380 e. The van der Waals surface area contributed by atoms with E-state index in [0.717, 1.165) is 19.3 Å². The van der Waals surface area contributed by atoms with Crippen LogP contribution in [0.2, 0.25) is 0 Å². The monoisotopic (exact) mass is 395 g/mol. The van der Waals surface area contributed by atoms with Crippen LogP contribution in [0, 0.1) is 11.3 Å². The Kier molecular flexibility index (Phi) is 4.57. The average molecular weight is 395 g/mol. The molecular weight excluding hydrogens is 367 g/mol. The summed E-state index contributed by atoms with van der Waals surface area (Å²) in [5.74, 6) is 0.0774. The molecule has 1 aromatic rings. The molecule has 6 heteroatoms. The maximum absolute atomic E-state index is 12.8. The molecule has 28 heavy (non-hydrogen) atoms. The summed E-state index contributed by atoms with van der Waals surface area (Å²) < 4.78 is 38.3. The fraction of sp³-hybridized carbons (Fsp3) is 0.682. The van der Waals surface area contributed by atoms with Gasteiger partial charge in [-0.1, -0.05) is 38.1 Å². The summed E-state index contributed by atoms with van der Waals surface area (Å²) in [6, 6.07) is 8.75. The van der Waals surface area contributed by atoms with Gasteiger partial charge in [-0.05, 0) is 55.1 Å². The highest BCUT2D eigenvalue weighted by Crippen LogP contribution is 2.54. The van der Waals surface area contributed by atoms with Gasteiger partial charge in [0.1, 0.15) is 0 Å². The summed E-state index contributed by atoms with van der Waals surface area (Å²) in [5.41, 5.74) is 0.154. The zero-order chi connectivity index (χ0) is 20.3. The van der Waals surface area contributed by atoms with Crippen molar-refractivity contribution in [1.82, 2.24) is 4.90 Å². The Hall–Kier alpha value is -1.56. The lowest BCUT2D eigenvalue weighted by Gasteiger charge is -2.52. The molecule has 1 amide bonds. The van der Waals surface area contributed by atoms with E-state index >= 15 is 0 Å². The number of rotatable bonds is 3.